The third-order valence-corrected chi connectivity index (χ3v) is 5.88. The molecule has 1 heterocycles. The van der Waals surface area contributed by atoms with E-state index in [1.165, 1.54) is 5.56 Å². The molecule has 1 unspecified atom stereocenters. The van der Waals surface area contributed by atoms with Gasteiger partial charge in [0, 0.05) is 12.2 Å². The standard InChI is InChI=1S/C23H27N3O4S/c1-5-22-17(3)24-26(18(22)4)20-10-8-19(9-11-20)14-15-25(31(28)29)23(27)30-21-12-6-16(2)7-13-21/h6-13H,5,14-15H2,1-4H3,(H,28,29)/p-1. The quantitative estimate of drug-likeness (QED) is 0.514. The monoisotopic (exact) mass is 440 g/mol. The number of benzene rings is 2. The van der Waals surface area contributed by atoms with Crippen LogP contribution in [0.2, 0.25) is 0 Å². The Morgan fingerprint density at radius 1 is 1.10 bits per heavy atom. The van der Waals surface area contributed by atoms with E-state index in [2.05, 4.69) is 12.0 Å². The number of ether oxygens (including phenoxy) is 1. The number of amides is 1. The van der Waals surface area contributed by atoms with Crippen LogP contribution < -0.4 is 4.74 Å². The van der Waals surface area contributed by atoms with E-state index >= 15 is 0 Å². The zero-order valence-electron chi connectivity index (χ0n) is 18.1. The van der Waals surface area contributed by atoms with E-state index in [1.54, 1.807) is 24.3 Å². The number of aromatic nitrogens is 2. The van der Waals surface area contributed by atoms with Gasteiger partial charge >= 0.3 is 6.09 Å². The van der Waals surface area contributed by atoms with Gasteiger partial charge in [-0.1, -0.05) is 36.8 Å². The smallest absolute Gasteiger partial charge is 0.426 e. The van der Waals surface area contributed by atoms with Gasteiger partial charge in [0.15, 0.2) is 0 Å². The van der Waals surface area contributed by atoms with Crippen LogP contribution in [0.3, 0.4) is 0 Å². The molecule has 0 saturated carbocycles. The number of rotatable bonds is 7. The van der Waals surface area contributed by atoms with Crippen molar-refractivity contribution in [2.75, 3.05) is 6.54 Å². The Labute approximate surface area is 185 Å². The van der Waals surface area contributed by atoms with Crippen LogP contribution in [0.1, 0.15) is 35.0 Å². The van der Waals surface area contributed by atoms with Crippen LogP contribution in [0.25, 0.3) is 5.69 Å². The Balaban J connectivity index is 1.66. The molecule has 8 heteroatoms. The van der Waals surface area contributed by atoms with Gasteiger partial charge in [-0.05, 0) is 69.0 Å². The van der Waals surface area contributed by atoms with Crippen molar-refractivity contribution in [3.63, 3.8) is 0 Å². The molecule has 3 rings (SSSR count). The molecule has 0 radical (unpaired) electrons. The summed E-state index contributed by atoms with van der Waals surface area (Å²) in [5, 5.41) is 4.61. The molecule has 1 amide bonds. The van der Waals surface area contributed by atoms with Crippen molar-refractivity contribution in [2.45, 2.75) is 40.5 Å². The van der Waals surface area contributed by atoms with Crippen molar-refractivity contribution in [1.29, 1.82) is 0 Å². The molecule has 0 spiro atoms. The SMILES string of the molecule is CCc1c(C)nn(-c2ccc(CCN(C(=O)Oc3ccc(C)cc3)S(=O)[O-])cc2)c1C. The second-order valence-corrected chi connectivity index (χ2v) is 8.21. The summed E-state index contributed by atoms with van der Waals surface area (Å²) in [6.07, 6.45) is 0.370. The van der Waals surface area contributed by atoms with Crippen molar-refractivity contribution in [3.8, 4) is 11.4 Å². The van der Waals surface area contributed by atoms with Crippen molar-refractivity contribution in [3.05, 3.63) is 76.6 Å². The van der Waals surface area contributed by atoms with E-state index in [4.69, 9.17) is 4.74 Å². The Hall–Kier alpha value is -2.97. The third kappa shape index (κ3) is 5.39. The van der Waals surface area contributed by atoms with E-state index in [0.29, 0.717) is 16.5 Å². The van der Waals surface area contributed by atoms with Crippen LogP contribution >= 0.6 is 0 Å². The molecule has 0 fully saturated rings. The summed E-state index contributed by atoms with van der Waals surface area (Å²) >= 11 is -2.73. The predicted molar refractivity (Wildman–Crippen MR) is 119 cm³/mol. The van der Waals surface area contributed by atoms with Gasteiger partial charge in [0.2, 0.25) is 0 Å². The van der Waals surface area contributed by atoms with Crippen LogP contribution in [0.4, 0.5) is 4.79 Å². The fourth-order valence-electron chi connectivity index (χ4n) is 3.46. The second-order valence-electron chi connectivity index (χ2n) is 7.33. The van der Waals surface area contributed by atoms with Gasteiger partial charge in [0.1, 0.15) is 5.75 Å². The first-order chi connectivity index (χ1) is 14.8. The summed E-state index contributed by atoms with van der Waals surface area (Å²) in [5.74, 6) is 0.298. The molecule has 164 valence electrons. The topological polar surface area (TPSA) is 87.5 Å². The summed E-state index contributed by atoms with van der Waals surface area (Å²) in [6, 6.07) is 14.5. The summed E-state index contributed by atoms with van der Waals surface area (Å²) in [6.45, 7) is 8.06. The molecule has 3 aromatic rings. The van der Waals surface area contributed by atoms with Crippen LogP contribution in [0.15, 0.2) is 48.5 Å². The first-order valence-corrected chi connectivity index (χ1v) is 11.1. The highest BCUT2D eigenvalue weighted by molar-refractivity contribution is 7.77. The molecule has 0 bridgehead atoms. The molecule has 0 aliphatic heterocycles. The van der Waals surface area contributed by atoms with E-state index in [9.17, 15) is 13.6 Å². The largest absolute Gasteiger partial charge is 0.755 e. The van der Waals surface area contributed by atoms with Crippen LogP contribution in [-0.2, 0) is 24.1 Å². The van der Waals surface area contributed by atoms with Crippen molar-refractivity contribution in [1.82, 2.24) is 14.1 Å². The van der Waals surface area contributed by atoms with E-state index < -0.39 is 17.4 Å². The Bertz CT molecular complexity index is 1080. The fourth-order valence-corrected chi connectivity index (χ4v) is 3.86. The van der Waals surface area contributed by atoms with Gasteiger partial charge in [-0.25, -0.2) is 13.8 Å². The maximum absolute atomic E-state index is 12.3. The van der Waals surface area contributed by atoms with Gasteiger partial charge in [-0.3, -0.25) is 4.21 Å². The minimum absolute atomic E-state index is 0.0138. The lowest BCUT2D eigenvalue weighted by atomic mass is 10.1. The lowest BCUT2D eigenvalue weighted by Crippen LogP contribution is -2.36. The highest BCUT2D eigenvalue weighted by Crippen LogP contribution is 2.19. The minimum Gasteiger partial charge on any atom is -0.755 e. The number of hydrogen-bond donors (Lipinski definition) is 0. The molecule has 1 atom stereocenters. The molecule has 7 nitrogen and oxygen atoms in total. The van der Waals surface area contributed by atoms with Crippen LogP contribution in [0, 0.1) is 20.8 Å². The van der Waals surface area contributed by atoms with E-state index in [0.717, 1.165) is 34.6 Å². The average Bonchev–Trinajstić information content (AvgIpc) is 3.03. The second kappa shape index (κ2) is 9.89. The number of carbonyl (C=O) groups excluding carboxylic acids is 1. The highest BCUT2D eigenvalue weighted by atomic mass is 32.2. The Morgan fingerprint density at radius 2 is 1.74 bits per heavy atom. The summed E-state index contributed by atoms with van der Waals surface area (Å²) in [5.41, 5.74) is 6.22. The van der Waals surface area contributed by atoms with E-state index in [-0.39, 0.29) is 6.54 Å². The van der Waals surface area contributed by atoms with Crippen LogP contribution in [-0.4, -0.2) is 35.5 Å². The van der Waals surface area contributed by atoms with Crippen molar-refractivity contribution in [2.24, 2.45) is 0 Å². The zero-order chi connectivity index (χ0) is 22.5. The molecule has 0 aliphatic carbocycles. The first-order valence-electron chi connectivity index (χ1n) is 10.1. The molecule has 2 aromatic carbocycles. The molecule has 31 heavy (non-hydrogen) atoms. The summed E-state index contributed by atoms with van der Waals surface area (Å²) in [4.78, 5) is 12.3. The van der Waals surface area contributed by atoms with E-state index in [1.807, 2.05) is 49.7 Å². The van der Waals surface area contributed by atoms with Crippen molar-refractivity contribution >= 4 is 17.4 Å². The first kappa shape index (κ1) is 22.7. The normalized spacial score (nSPS) is 11.9. The fraction of sp³-hybridized carbons (Fsp3) is 0.304. The van der Waals surface area contributed by atoms with Crippen molar-refractivity contribution < 1.29 is 18.3 Å². The third-order valence-electron chi connectivity index (χ3n) is 5.19. The summed E-state index contributed by atoms with van der Waals surface area (Å²) < 4.78 is 30.9. The molecular formula is C23H26N3O4S-. The Kier molecular flexibility index (Phi) is 7.25. The molecule has 0 aliphatic rings. The number of nitrogens with zero attached hydrogens (tertiary/aromatic N) is 3. The minimum atomic E-state index is -2.73. The van der Waals surface area contributed by atoms with Gasteiger partial charge in [0.05, 0.1) is 22.6 Å². The molecule has 0 saturated heterocycles. The van der Waals surface area contributed by atoms with Gasteiger partial charge < -0.3 is 9.29 Å². The lowest BCUT2D eigenvalue weighted by molar-refractivity contribution is 0.178. The maximum Gasteiger partial charge on any atom is 0.426 e. The maximum atomic E-state index is 12.3. The van der Waals surface area contributed by atoms with Gasteiger partial charge in [-0.15, -0.1) is 0 Å². The summed E-state index contributed by atoms with van der Waals surface area (Å²) in [7, 11) is 0. The number of aryl methyl sites for hydroxylation is 2. The zero-order valence-corrected chi connectivity index (χ0v) is 18.9. The van der Waals surface area contributed by atoms with Crippen LogP contribution in [0.5, 0.6) is 5.75 Å². The molecule has 0 N–H and O–H groups in total. The number of carbonyl (C=O) groups is 1. The lowest BCUT2D eigenvalue weighted by Gasteiger charge is -2.23. The highest BCUT2D eigenvalue weighted by Gasteiger charge is 2.17. The van der Waals surface area contributed by atoms with Gasteiger partial charge in [-0.2, -0.15) is 5.10 Å². The van der Waals surface area contributed by atoms with Gasteiger partial charge in [0.25, 0.3) is 0 Å². The molecule has 1 aromatic heterocycles. The predicted octanol–water partition coefficient (Wildman–Crippen LogP) is 4.20. The molecular weight excluding hydrogens is 414 g/mol. The average molecular weight is 441 g/mol. The Morgan fingerprint density at radius 3 is 2.29 bits per heavy atom. The number of hydrogen-bond acceptors (Lipinski definition) is 5.